The lowest BCUT2D eigenvalue weighted by Crippen LogP contribution is -2.43. The number of carbonyl (C=O) groups is 1. The van der Waals surface area contributed by atoms with Gasteiger partial charge in [-0.1, -0.05) is 25.5 Å². The minimum absolute atomic E-state index is 0.152. The number of imidazole rings is 1. The Bertz CT molecular complexity index is 1480. The number of nitrogens with zero attached hydrogens (tertiary/aromatic N) is 5. The summed E-state index contributed by atoms with van der Waals surface area (Å²) < 4.78 is 4.04. The number of fused-ring (bicyclic) bond motifs is 1. The van der Waals surface area contributed by atoms with Crippen LogP contribution >= 0.6 is 0 Å². The molecular weight excluding hydrogens is 474 g/mol. The molecule has 2 N–H and O–H groups in total. The molecule has 6 rings (SSSR count). The number of anilines is 1. The fourth-order valence-electron chi connectivity index (χ4n) is 6.40. The number of benzene rings is 1. The molecule has 2 fully saturated rings. The zero-order chi connectivity index (χ0) is 26.4. The van der Waals surface area contributed by atoms with Crippen LogP contribution in [-0.2, 0) is 19.0 Å². The Morgan fingerprint density at radius 1 is 1.24 bits per heavy atom. The first-order chi connectivity index (χ1) is 18.3. The van der Waals surface area contributed by atoms with E-state index in [2.05, 4.69) is 58.0 Å². The molecule has 2 saturated carbocycles. The molecule has 1 aromatic carbocycles. The van der Waals surface area contributed by atoms with Crippen LogP contribution in [0.25, 0.3) is 5.65 Å². The molecule has 0 saturated heterocycles. The molecule has 0 aliphatic heterocycles. The Hall–Kier alpha value is -3.52. The van der Waals surface area contributed by atoms with Crippen LogP contribution in [0.5, 0.6) is 0 Å². The van der Waals surface area contributed by atoms with Gasteiger partial charge in [-0.25, -0.2) is 4.98 Å². The van der Waals surface area contributed by atoms with Gasteiger partial charge in [-0.15, -0.1) is 10.2 Å². The maximum absolute atomic E-state index is 13.7. The molecule has 0 unspecified atom stereocenters. The Labute approximate surface area is 223 Å². The summed E-state index contributed by atoms with van der Waals surface area (Å²) >= 11 is 0. The van der Waals surface area contributed by atoms with Crippen molar-refractivity contribution in [3.63, 3.8) is 0 Å². The Balaban J connectivity index is 1.27. The van der Waals surface area contributed by atoms with E-state index in [4.69, 9.17) is 0 Å². The minimum atomic E-state index is -0.179. The molecule has 2 aliphatic carbocycles. The molecule has 8 nitrogen and oxygen atoms in total. The van der Waals surface area contributed by atoms with E-state index in [9.17, 15) is 4.79 Å². The van der Waals surface area contributed by atoms with Crippen molar-refractivity contribution < 1.29 is 4.79 Å². The van der Waals surface area contributed by atoms with Crippen LogP contribution in [0, 0.1) is 18.8 Å². The number of hydrogen-bond donors (Lipinski definition) is 2. The smallest absolute Gasteiger partial charge is 0.259 e. The fourth-order valence-corrected chi connectivity index (χ4v) is 6.40. The third kappa shape index (κ3) is 4.30. The van der Waals surface area contributed by atoms with Crippen LogP contribution in [-0.4, -0.2) is 36.1 Å². The molecule has 2 aliphatic rings. The largest absolute Gasteiger partial charge is 0.322 e. The number of rotatable bonds is 8. The molecule has 38 heavy (non-hydrogen) atoms. The first kappa shape index (κ1) is 24.8. The lowest BCUT2D eigenvalue weighted by Gasteiger charge is -2.46. The molecule has 198 valence electrons. The van der Waals surface area contributed by atoms with Gasteiger partial charge in [-0.2, -0.15) is 0 Å². The summed E-state index contributed by atoms with van der Waals surface area (Å²) in [7, 11) is 2.00. The highest BCUT2D eigenvalue weighted by Crippen LogP contribution is 2.51. The van der Waals surface area contributed by atoms with Crippen LogP contribution in [0.3, 0.4) is 0 Å². The number of hydrogen-bond acceptors (Lipinski definition) is 5. The van der Waals surface area contributed by atoms with Crippen molar-refractivity contribution >= 4 is 17.2 Å². The quantitative estimate of drug-likeness (QED) is 0.347. The molecule has 0 bridgehead atoms. The number of nitrogens with one attached hydrogen (secondary N) is 2. The summed E-state index contributed by atoms with van der Waals surface area (Å²) in [6.07, 6.45) is 11.6. The summed E-state index contributed by atoms with van der Waals surface area (Å²) in [5.41, 5.74) is 5.10. The van der Waals surface area contributed by atoms with Gasteiger partial charge in [0.25, 0.3) is 5.91 Å². The van der Waals surface area contributed by atoms with Crippen molar-refractivity contribution in [3.05, 3.63) is 77.3 Å². The van der Waals surface area contributed by atoms with Crippen LogP contribution in [0.15, 0.2) is 49.1 Å². The number of aromatic nitrogens is 5. The van der Waals surface area contributed by atoms with Gasteiger partial charge >= 0.3 is 0 Å². The van der Waals surface area contributed by atoms with E-state index in [1.165, 1.54) is 19.3 Å². The van der Waals surface area contributed by atoms with Crippen molar-refractivity contribution in [1.82, 2.24) is 29.5 Å². The highest BCUT2D eigenvalue weighted by molar-refractivity contribution is 6.08. The van der Waals surface area contributed by atoms with Crippen LogP contribution in [0.2, 0.25) is 0 Å². The first-order valence-corrected chi connectivity index (χ1v) is 13.8. The highest BCUT2D eigenvalue weighted by atomic mass is 16.1. The number of pyridine rings is 1. The second-order valence-electron chi connectivity index (χ2n) is 11.6. The summed E-state index contributed by atoms with van der Waals surface area (Å²) in [6.45, 7) is 7.28. The van der Waals surface area contributed by atoms with Crippen molar-refractivity contribution in [1.29, 1.82) is 0 Å². The molecule has 1 atom stereocenters. The molecule has 0 radical (unpaired) electrons. The fraction of sp³-hybridized carbons (Fsp3) is 0.467. The first-order valence-electron chi connectivity index (χ1n) is 13.8. The predicted molar refractivity (Wildman–Crippen MR) is 148 cm³/mol. The van der Waals surface area contributed by atoms with E-state index in [1.54, 1.807) is 6.33 Å². The third-order valence-electron chi connectivity index (χ3n) is 8.78. The van der Waals surface area contributed by atoms with Gasteiger partial charge < -0.3 is 19.6 Å². The molecule has 3 aromatic heterocycles. The number of amides is 1. The van der Waals surface area contributed by atoms with Gasteiger partial charge in [-0.05, 0) is 80.7 Å². The second-order valence-corrected chi connectivity index (χ2v) is 11.6. The standard InChI is InChI=1S/C30H37N7O/c1-19-13-30(14-19,29-35-33-18-36(29)4)24-9-6-10-25(12-24)34-28(38)26-11-22(16-31-21(3)23-7-5-8-23)17-37-20(2)15-32-27(26)37/h6,9-12,15,17-19,21,23,31H,5,7-8,13-14,16H2,1-4H3,(H,34,38)/t19?,21-,30?/m0/s1. The van der Waals surface area contributed by atoms with Crippen molar-refractivity contribution in [2.45, 2.75) is 70.9 Å². The van der Waals surface area contributed by atoms with Crippen LogP contribution in [0.1, 0.15) is 79.0 Å². The Kier molecular flexibility index (Phi) is 6.30. The maximum atomic E-state index is 13.7. The van der Waals surface area contributed by atoms with Gasteiger partial charge in [0.05, 0.1) is 11.0 Å². The zero-order valence-electron chi connectivity index (χ0n) is 22.7. The molecule has 0 spiro atoms. The monoisotopic (exact) mass is 511 g/mol. The summed E-state index contributed by atoms with van der Waals surface area (Å²) in [6, 6.07) is 10.7. The molecule has 3 heterocycles. The lowest BCUT2D eigenvalue weighted by molar-refractivity contribution is 0.102. The van der Waals surface area contributed by atoms with E-state index in [0.717, 1.165) is 53.6 Å². The Morgan fingerprint density at radius 3 is 2.74 bits per heavy atom. The van der Waals surface area contributed by atoms with Gasteiger partial charge in [0, 0.05) is 43.4 Å². The summed E-state index contributed by atoms with van der Waals surface area (Å²) in [4.78, 5) is 18.2. The van der Waals surface area contributed by atoms with E-state index in [-0.39, 0.29) is 11.3 Å². The summed E-state index contributed by atoms with van der Waals surface area (Å²) in [5, 5.41) is 15.4. The normalized spacial score (nSPS) is 22.2. The van der Waals surface area contributed by atoms with Gasteiger partial charge in [0.2, 0.25) is 0 Å². The number of carbonyl (C=O) groups excluding carboxylic acids is 1. The summed E-state index contributed by atoms with van der Waals surface area (Å²) in [5.74, 6) is 2.20. The van der Waals surface area contributed by atoms with Gasteiger partial charge in [0.15, 0.2) is 0 Å². The lowest BCUT2D eigenvalue weighted by atomic mass is 9.58. The van der Waals surface area contributed by atoms with Crippen molar-refractivity contribution in [2.75, 3.05) is 5.32 Å². The van der Waals surface area contributed by atoms with Gasteiger partial charge in [-0.3, -0.25) is 4.79 Å². The molecular formula is C30H37N7O. The van der Waals surface area contributed by atoms with E-state index in [1.807, 2.05) is 47.3 Å². The minimum Gasteiger partial charge on any atom is -0.322 e. The van der Waals surface area contributed by atoms with Crippen LogP contribution < -0.4 is 10.6 Å². The number of aryl methyl sites for hydroxylation is 2. The average Bonchev–Trinajstić information content (AvgIpc) is 3.44. The van der Waals surface area contributed by atoms with E-state index >= 15 is 0 Å². The molecule has 1 amide bonds. The molecule has 4 aromatic rings. The molecule has 8 heteroatoms. The second kappa shape index (κ2) is 9.66. The van der Waals surface area contributed by atoms with Crippen molar-refractivity contribution in [2.24, 2.45) is 18.9 Å². The highest BCUT2D eigenvalue weighted by Gasteiger charge is 2.48. The van der Waals surface area contributed by atoms with E-state index in [0.29, 0.717) is 23.2 Å². The zero-order valence-corrected chi connectivity index (χ0v) is 22.7. The SMILES string of the molecule is Cc1cnc2c(C(=O)Nc3cccc(C4(c5nncn5C)CC(C)C4)c3)cc(CN[C@@H](C)C3CCC3)cn12. The maximum Gasteiger partial charge on any atom is 0.259 e. The Morgan fingerprint density at radius 2 is 2.05 bits per heavy atom. The third-order valence-corrected chi connectivity index (χ3v) is 8.78. The van der Waals surface area contributed by atoms with E-state index < -0.39 is 0 Å². The topological polar surface area (TPSA) is 89.1 Å². The van der Waals surface area contributed by atoms with Gasteiger partial charge in [0.1, 0.15) is 17.8 Å². The van der Waals surface area contributed by atoms with Crippen LogP contribution in [0.4, 0.5) is 5.69 Å². The predicted octanol–water partition coefficient (Wildman–Crippen LogP) is 5.02. The van der Waals surface area contributed by atoms with Crippen molar-refractivity contribution in [3.8, 4) is 0 Å². The average molecular weight is 512 g/mol.